The van der Waals surface area contributed by atoms with Gasteiger partial charge in [-0.05, 0) is 27.1 Å². The van der Waals surface area contributed by atoms with Crippen molar-refractivity contribution in [3.63, 3.8) is 0 Å². The normalized spacial score (nSPS) is 8.25. The third-order valence-electron chi connectivity index (χ3n) is 0.671. The minimum atomic E-state index is 1.21. The average Bonchev–Trinajstić information content (AvgIpc) is 1.72. The second-order valence-corrected chi connectivity index (χ2v) is 1.80. The highest BCUT2D eigenvalue weighted by molar-refractivity contribution is 4.34. The minimum absolute atomic E-state index is 1.21. The van der Waals surface area contributed by atoms with Crippen molar-refractivity contribution in [3.8, 4) is 0 Å². The van der Waals surface area contributed by atoms with Crippen LogP contribution in [0.4, 0.5) is 0 Å². The lowest BCUT2D eigenvalue weighted by atomic mass is 10.5. The summed E-state index contributed by atoms with van der Waals surface area (Å²) < 4.78 is 0. The molecule has 0 aliphatic carbocycles. The van der Waals surface area contributed by atoms with E-state index in [0.29, 0.717) is 0 Å². The molecule has 0 fully saturated rings. The SMILES string of the molecule is CCCN(C)C.NN. The third kappa shape index (κ3) is 16.9. The van der Waals surface area contributed by atoms with Gasteiger partial charge >= 0.3 is 0 Å². The molecule has 0 bridgehead atoms. The molecule has 0 radical (unpaired) electrons. The molecule has 3 nitrogen and oxygen atoms in total. The first-order valence-corrected chi connectivity index (χ1v) is 2.75. The summed E-state index contributed by atoms with van der Waals surface area (Å²) in [4.78, 5) is 2.18. The van der Waals surface area contributed by atoms with Crippen molar-refractivity contribution in [2.24, 2.45) is 11.7 Å². The van der Waals surface area contributed by atoms with Crippen LogP contribution >= 0.6 is 0 Å². The first kappa shape index (κ1) is 10.8. The molecule has 0 saturated carbocycles. The number of rotatable bonds is 2. The lowest BCUT2D eigenvalue weighted by Crippen LogP contribution is -2.11. The van der Waals surface area contributed by atoms with Gasteiger partial charge in [-0.25, -0.2) is 0 Å². The van der Waals surface area contributed by atoms with Gasteiger partial charge in [0.05, 0.1) is 0 Å². The molecule has 0 atom stereocenters. The summed E-state index contributed by atoms with van der Waals surface area (Å²) in [6.45, 7) is 3.39. The summed E-state index contributed by atoms with van der Waals surface area (Å²) in [6.07, 6.45) is 1.26. The van der Waals surface area contributed by atoms with Crippen LogP contribution < -0.4 is 11.7 Å². The highest BCUT2D eigenvalue weighted by Crippen LogP contribution is 1.76. The van der Waals surface area contributed by atoms with Gasteiger partial charge in [0.1, 0.15) is 0 Å². The lowest BCUT2D eigenvalue weighted by molar-refractivity contribution is 0.408. The summed E-state index contributed by atoms with van der Waals surface area (Å²) >= 11 is 0. The highest BCUT2D eigenvalue weighted by Gasteiger charge is 1.79. The van der Waals surface area contributed by atoms with Gasteiger partial charge in [-0.2, -0.15) is 0 Å². The maximum Gasteiger partial charge on any atom is -0.00275 e. The van der Waals surface area contributed by atoms with Crippen molar-refractivity contribution in [1.82, 2.24) is 4.90 Å². The van der Waals surface area contributed by atoms with Gasteiger partial charge in [0.2, 0.25) is 0 Å². The molecule has 0 amide bonds. The third-order valence-corrected chi connectivity index (χ3v) is 0.671. The van der Waals surface area contributed by atoms with E-state index in [1.165, 1.54) is 13.0 Å². The van der Waals surface area contributed by atoms with Crippen molar-refractivity contribution in [3.05, 3.63) is 0 Å². The predicted octanol–water partition coefficient (Wildman–Crippen LogP) is -0.223. The Morgan fingerprint density at radius 2 is 1.62 bits per heavy atom. The van der Waals surface area contributed by atoms with E-state index in [1.54, 1.807) is 0 Å². The van der Waals surface area contributed by atoms with Gasteiger partial charge in [-0.3, -0.25) is 11.7 Å². The molecule has 0 aromatic heterocycles. The largest absolute Gasteiger partial charge is 0.309 e. The number of hydrogen-bond acceptors (Lipinski definition) is 3. The first-order valence-electron chi connectivity index (χ1n) is 2.75. The Kier molecular flexibility index (Phi) is 13.5. The van der Waals surface area contributed by atoms with Crippen molar-refractivity contribution < 1.29 is 0 Å². The molecular weight excluding hydrogens is 102 g/mol. The summed E-state index contributed by atoms with van der Waals surface area (Å²) in [5, 5.41) is 0. The second-order valence-electron chi connectivity index (χ2n) is 1.80. The van der Waals surface area contributed by atoms with E-state index >= 15 is 0 Å². The standard InChI is InChI=1S/C5H13N.H4N2/c1-4-5-6(2)3;1-2/h4-5H2,1-3H3;1-2H2. The zero-order valence-electron chi connectivity index (χ0n) is 6.02. The first-order chi connectivity index (χ1) is 3.77. The fraction of sp³-hybridized carbons (Fsp3) is 1.00. The number of hydrogen-bond donors (Lipinski definition) is 2. The number of nitrogens with zero attached hydrogens (tertiary/aromatic N) is 1. The molecule has 4 N–H and O–H groups in total. The molecule has 3 heteroatoms. The van der Waals surface area contributed by atoms with Crippen LogP contribution in [-0.2, 0) is 0 Å². The van der Waals surface area contributed by atoms with Crippen LogP contribution in [0.5, 0.6) is 0 Å². The second kappa shape index (κ2) is 9.99. The molecule has 0 aromatic rings. The van der Waals surface area contributed by atoms with E-state index in [-0.39, 0.29) is 0 Å². The fourth-order valence-electron chi connectivity index (χ4n) is 0.447. The van der Waals surface area contributed by atoms with Crippen molar-refractivity contribution in [1.29, 1.82) is 0 Å². The number of nitrogens with two attached hydrogens (primary N) is 2. The Morgan fingerprint density at radius 1 is 1.25 bits per heavy atom. The minimum Gasteiger partial charge on any atom is -0.309 e. The smallest absolute Gasteiger partial charge is 0.00275 e. The quantitative estimate of drug-likeness (QED) is 0.390. The van der Waals surface area contributed by atoms with Crippen LogP contribution in [0, 0.1) is 0 Å². The molecule has 8 heavy (non-hydrogen) atoms. The van der Waals surface area contributed by atoms with Crippen LogP contribution in [0.2, 0.25) is 0 Å². The maximum absolute atomic E-state index is 4.00. The predicted molar refractivity (Wildman–Crippen MR) is 37.2 cm³/mol. The van der Waals surface area contributed by atoms with Crippen LogP contribution in [0.15, 0.2) is 0 Å². The van der Waals surface area contributed by atoms with E-state index in [4.69, 9.17) is 0 Å². The average molecular weight is 119 g/mol. The van der Waals surface area contributed by atoms with Crippen LogP contribution in [0.1, 0.15) is 13.3 Å². The summed E-state index contributed by atoms with van der Waals surface area (Å²) in [7, 11) is 4.17. The van der Waals surface area contributed by atoms with Crippen molar-refractivity contribution in [2.75, 3.05) is 20.6 Å². The van der Waals surface area contributed by atoms with Crippen LogP contribution in [0.25, 0.3) is 0 Å². The Morgan fingerprint density at radius 3 is 1.62 bits per heavy atom. The molecule has 0 rings (SSSR count). The van der Waals surface area contributed by atoms with Crippen LogP contribution in [0.3, 0.4) is 0 Å². The Hall–Kier alpha value is -0.120. The summed E-state index contributed by atoms with van der Waals surface area (Å²) in [6, 6.07) is 0. The van der Waals surface area contributed by atoms with Crippen molar-refractivity contribution in [2.45, 2.75) is 13.3 Å². The summed E-state index contributed by atoms with van der Waals surface area (Å²) in [5.41, 5.74) is 0. The molecule has 0 aromatic carbocycles. The topological polar surface area (TPSA) is 55.3 Å². The molecule has 0 spiro atoms. The summed E-state index contributed by atoms with van der Waals surface area (Å²) in [5.74, 6) is 8.00. The van der Waals surface area contributed by atoms with Gasteiger partial charge < -0.3 is 4.90 Å². The van der Waals surface area contributed by atoms with Crippen LogP contribution in [-0.4, -0.2) is 25.5 Å². The van der Waals surface area contributed by atoms with E-state index in [1.807, 2.05) is 0 Å². The zero-order valence-corrected chi connectivity index (χ0v) is 6.02. The molecule has 0 saturated heterocycles. The monoisotopic (exact) mass is 119 g/mol. The van der Waals surface area contributed by atoms with Gasteiger partial charge in [0, 0.05) is 0 Å². The van der Waals surface area contributed by atoms with Gasteiger partial charge in [0.25, 0.3) is 0 Å². The van der Waals surface area contributed by atoms with Crippen molar-refractivity contribution >= 4 is 0 Å². The molecule has 0 aliphatic rings. The number of hydrazine groups is 1. The fourth-order valence-corrected chi connectivity index (χ4v) is 0.447. The van der Waals surface area contributed by atoms with E-state index in [0.717, 1.165) is 0 Å². The lowest BCUT2D eigenvalue weighted by Gasteiger charge is -2.03. The van der Waals surface area contributed by atoms with Gasteiger partial charge in [-0.15, -0.1) is 0 Å². The van der Waals surface area contributed by atoms with E-state index < -0.39 is 0 Å². The Bertz CT molecular complexity index is 28.9. The van der Waals surface area contributed by atoms with Gasteiger partial charge in [-0.1, -0.05) is 6.92 Å². The van der Waals surface area contributed by atoms with E-state index in [2.05, 4.69) is 37.6 Å². The Labute approximate surface area is 51.6 Å². The maximum atomic E-state index is 4.00. The van der Waals surface area contributed by atoms with Gasteiger partial charge in [0.15, 0.2) is 0 Å². The van der Waals surface area contributed by atoms with E-state index in [9.17, 15) is 0 Å². The highest BCUT2D eigenvalue weighted by atomic mass is 15.0. The Balaban J connectivity index is 0. The zero-order chi connectivity index (χ0) is 6.99. The molecule has 0 unspecified atom stereocenters. The molecule has 0 aliphatic heterocycles. The molecule has 0 heterocycles. The molecular formula is C5H17N3. The molecule has 52 valence electrons.